The van der Waals surface area contributed by atoms with Crippen LogP contribution in [0.15, 0.2) is 0 Å². The molecule has 0 spiro atoms. The van der Waals surface area contributed by atoms with Crippen molar-refractivity contribution < 1.29 is 14.4 Å². The Morgan fingerprint density at radius 3 is 2.08 bits per heavy atom. The van der Waals surface area contributed by atoms with Crippen molar-refractivity contribution in [3.8, 4) is 0 Å². The van der Waals surface area contributed by atoms with Gasteiger partial charge in [-0.25, -0.2) is 4.79 Å². The topological polar surface area (TPSA) is 78.5 Å². The summed E-state index contributed by atoms with van der Waals surface area (Å²) in [6.07, 6.45) is 3.84. The monoisotopic (exact) mass is 365 g/mol. The summed E-state index contributed by atoms with van der Waals surface area (Å²) in [5.41, 5.74) is -0.412. The standard InChI is InChI=1S/C20H35N3O3/c1-12(2)15(16(24)14-9-10-14)21-19(26)22-17(20(4,5)6)18(25)23-11-7-8-13(23)3/h12-15,17H,7-11H2,1-6H3,(H2,21,22,26). The number of hydrogen-bond acceptors (Lipinski definition) is 3. The van der Waals surface area contributed by atoms with E-state index >= 15 is 0 Å². The average molecular weight is 366 g/mol. The molecule has 2 fully saturated rings. The maximum atomic E-state index is 13.0. The first-order valence-electron chi connectivity index (χ1n) is 9.93. The van der Waals surface area contributed by atoms with Crippen LogP contribution in [0.2, 0.25) is 0 Å². The molecule has 1 aliphatic heterocycles. The van der Waals surface area contributed by atoms with E-state index < -0.39 is 23.5 Å². The van der Waals surface area contributed by atoms with Crippen LogP contribution >= 0.6 is 0 Å². The van der Waals surface area contributed by atoms with Crippen molar-refractivity contribution in [1.29, 1.82) is 0 Å². The van der Waals surface area contributed by atoms with Gasteiger partial charge in [0.15, 0.2) is 5.78 Å². The molecule has 0 radical (unpaired) electrons. The molecule has 6 heteroatoms. The Balaban J connectivity index is 2.05. The number of nitrogens with zero attached hydrogens (tertiary/aromatic N) is 1. The van der Waals surface area contributed by atoms with Crippen LogP contribution in [0, 0.1) is 17.3 Å². The summed E-state index contributed by atoms with van der Waals surface area (Å²) in [6.45, 7) is 12.5. The fraction of sp³-hybridized carbons (Fsp3) is 0.850. The SMILES string of the molecule is CC(C)C(NC(=O)NC(C(=O)N1CCCC1C)C(C)(C)C)C(=O)C1CC1. The van der Waals surface area contributed by atoms with Gasteiger partial charge >= 0.3 is 6.03 Å². The lowest BCUT2D eigenvalue weighted by Crippen LogP contribution is -2.59. The number of likely N-dealkylation sites (tertiary alicyclic amines) is 1. The lowest BCUT2D eigenvalue weighted by atomic mass is 9.85. The van der Waals surface area contributed by atoms with Crippen LogP contribution in [0.25, 0.3) is 0 Å². The highest BCUT2D eigenvalue weighted by atomic mass is 16.2. The van der Waals surface area contributed by atoms with E-state index in [1.807, 2.05) is 46.4 Å². The van der Waals surface area contributed by atoms with Gasteiger partial charge in [-0.05, 0) is 43.9 Å². The molecule has 3 atom stereocenters. The molecule has 6 nitrogen and oxygen atoms in total. The van der Waals surface area contributed by atoms with Crippen LogP contribution in [0.5, 0.6) is 0 Å². The molecular formula is C20H35N3O3. The van der Waals surface area contributed by atoms with Crippen molar-refractivity contribution in [2.24, 2.45) is 17.3 Å². The number of carbonyl (C=O) groups is 3. The minimum absolute atomic E-state index is 0.0243. The summed E-state index contributed by atoms with van der Waals surface area (Å²) in [7, 11) is 0. The van der Waals surface area contributed by atoms with E-state index in [1.54, 1.807) is 0 Å². The highest BCUT2D eigenvalue weighted by Gasteiger charge is 2.40. The van der Waals surface area contributed by atoms with Crippen molar-refractivity contribution in [1.82, 2.24) is 15.5 Å². The van der Waals surface area contributed by atoms with Gasteiger partial charge in [-0.1, -0.05) is 34.6 Å². The van der Waals surface area contributed by atoms with Gasteiger partial charge < -0.3 is 15.5 Å². The Morgan fingerprint density at radius 2 is 1.65 bits per heavy atom. The summed E-state index contributed by atoms with van der Waals surface area (Å²) in [5, 5.41) is 5.69. The van der Waals surface area contributed by atoms with Gasteiger partial charge in [0.1, 0.15) is 6.04 Å². The van der Waals surface area contributed by atoms with Crippen LogP contribution < -0.4 is 10.6 Å². The van der Waals surface area contributed by atoms with Gasteiger partial charge in [0, 0.05) is 18.5 Å². The summed E-state index contributed by atoms with van der Waals surface area (Å²) >= 11 is 0. The summed E-state index contributed by atoms with van der Waals surface area (Å²) in [5.74, 6) is 0.193. The molecule has 3 amide bonds. The molecule has 1 saturated heterocycles. The summed E-state index contributed by atoms with van der Waals surface area (Å²) in [4.78, 5) is 39.9. The molecular weight excluding hydrogens is 330 g/mol. The van der Waals surface area contributed by atoms with Crippen LogP contribution in [0.1, 0.15) is 67.2 Å². The predicted molar refractivity (Wildman–Crippen MR) is 102 cm³/mol. The number of carbonyl (C=O) groups excluding carboxylic acids is 3. The normalized spacial score (nSPS) is 22.9. The first-order chi connectivity index (χ1) is 12.0. The van der Waals surface area contributed by atoms with E-state index in [-0.39, 0.29) is 29.6 Å². The van der Waals surface area contributed by atoms with E-state index in [9.17, 15) is 14.4 Å². The molecule has 26 heavy (non-hydrogen) atoms. The zero-order chi connectivity index (χ0) is 19.6. The van der Waals surface area contributed by atoms with Crippen LogP contribution in [0.3, 0.4) is 0 Å². The molecule has 0 aromatic heterocycles. The van der Waals surface area contributed by atoms with E-state index in [0.717, 1.165) is 32.2 Å². The van der Waals surface area contributed by atoms with Crippen LogP contribution in [-0.4, -0.2) is 47.3 Å². The van der Waals surface area contributed by atoms with Gasteiger partial charge in [-0.15, -0.1) is 0 Å². The average Bonchev–Trinajstić information content (AvgIpc) is 3.29. The molecule has 148 valence electrons. The largest absolute Gasteiger partial charge is 0.338 e. The first kappa shape index (κ1) is 20.7. The van der Waals surface area contributed by atoms with Crippen LogP contribution in [0.4, 0.5) is 4.79 Å². The minimum Gasteiger partial charge on any atom is -0.338 e. The second kappa shape index (κ2) is 7.97. The fourth-order valence-electron chi connectivity index (χ4n) is 3.58. The number of hydrogen-bond donors (Lipinski definition) is 2. The second-order valence-corrected chi connectivity index (χ2v) is 9.34. The molecule has 2 N–H and O–H groups in total. The van der Waals surface area contributed by atoms with Crippen molar-refractivity contribution >= 4 is 17.7 Å². The Kier molecular flexibility index (Phi) is 6.35. The number of nitrogens with one attached hydrogen (secondary N) is 2. The molecule has 0 aromatic rings. The second-order valence-electron chi connectivity index (χ2n) is 9.34. The quantitative estimate of drug-likeness (QED) is 0.760. The number of Topliss-reactive ketones (excluding diaryl/α,β-unsaturated/α-hetero) is 1. The van der Waals surface area contributed by atoms with E-state index in [2.05, 4.69) is 10.6 Å². The Hall–Kier alpha value is -1.59. The molecule has 2 rings (SSSR count). The van der Waals surface area contributed by atoms with Gasteiger partial charge in [0.05, 0.1) is 6.04 Å². The molecule has 1 heterocycles. The third-order valence-corrected chi connectivity index (χ3v) is 5.46. The number of amides is 3. The highest BCUT2D eigenvalue weighted by Crippen LogP contribution is 2.32. The maximum Gasteiger partial charge on any atom is 0.316 e. The molecule has 1 aliphatic carbocycles. The fourth-order valence-corrected chi connectivity index (χ4v) is 3.58. The van der Waals surface area contributed by atoms with Crippen LogP contribution in [-0.2, 0) is 9.59 Å². The predicted octanol–water partition coefficient (Wildman–Crippen LogP) is 2.71. The Morgan fingerprint density at radius 1 is 1.04 bits per heavy atom. The van der Waals surface area contributed by atoms with Gasteiger partial charge in [-0.2, -0.15) is 0 Å². The van der Waals surface area contributed by atoms with E-state index in [4.69, 9.17) is 0 Å². The molecule has 2 aliphatic rings. The van der Waals surface area contributed by atoms with E-state index in [1.165, 1.54) is 0 Å². The lowest BCUT2D eigenvalue weighted by molar-refractivity contribution is -0.136. The van der Waals surface area contributed by atoms with Gasteiger partial charge in [-0.3, -0.25) is 9.59 Å². The molecule has 3 unspecified atom stereocenters. The number of urea groups is 1. The van der Waals surface area contributed by atoms with Crippen molar-refractivity contribution in [3.05, 3.63) is 0 Å². The number of rotatable bonds is 6. The minimum atomic E-state index is -0.619. The Labute approximate surface area is 157 Å². The van der Waals surface area contributed by atoms with Gasteiger partial charge in [0.2, 0.25) is 5.91 Å². The summed E-state index contributed by atoms with van der Waals surface area (Å²) < 4.78 is 0. The molecule has 1 saturated carbocycles. The molecule has 0 aromatic carbocycles. The third kappa shape index (κ3) is 4.98. The number of ketones is 1. The highest BCUT2D eigenvalue weighted by molar-refractivity contribution is 5.93. The zero-order valence-corrected chi connectivity index (χ0v) is 17.1. The summed E-state index contributed by atoms with van der Waals surface area (Å²) in [6, 6.07) is -1.34. The van der Waals surface area contributed by atoms with Crippen molar-refractivity contribution in [3.63, 3.8) is 0 Å². The molecule has 0 bridgehead atoms. The lowest BCUT2D eigenvalue weighted by Gasteiger charge is -2.35. The van der Waals surface area contributed by atoms with Crippen molar-refractivity contribution in [2.75, 3.05) is 6.54 Å². The van der Waals surface area contributed by atoms with E-state index in [0.29, 0.717) is 0 Å². The van der Waals surface area contributed by atoms with Gasteiger partial charge in [0.25, 0.3) is 0 Å². The Bertz CT molecular complexity index is 549. The smallest absolute Gasteiger partial charge is 0.316 e. The zero-order valence-electron chi connectivity index (χ0n) is 17.1. The first-order valence-corrected chi connectivity index (χ1v) is 9.93. The van der Waals surface area contributed by atoms with Crippen molar-refractivity contribution in [2.45, 2.75) is 85.4 Å². The maximum absolute atomic E-state index is 13.0. The third-order valence-electron chi connectivity index (χ3n) is 5.46.